The Morgan fingerprint density at radius 1 is 0.800 bits per heavy atom. The third-order valence-electron chi connectivity index (χ3n) is 9.04. The van der Waals surface area contributed by atoms with Gasteiger partial charge in [-0.25, -0.2) is 4.98 Å². The van der Waals surface area contributed by atoms with E-state index in [9.17, 15) is 0 Å². The summed E-state index contributed by atoms with van der Waals surface area (Å²) in [5.74, 6) is 3.17. The summed E-state index contributed by atoms with van der Waals surface area (Å²) in [5.41, 5.74) is 10.9. The Balaban J connectivity index is 0.00000432. The van der Waals surface area contributed by atoms with E-state index in [1.165, 1.54) is 27.8 Å². The molecule has 7 aromatic rings. The molecule has 50 heavy (non-hydrogen) atoms. The molecule has 5 nitrogen and oxygen atoms in total. The number of fused-ring (bicyclic) bond motifs is 3. The minimum atomic E-state index is 0. The van der Waals surface area contributed by atoms with Gasteiger partial charge in [0.2, 0.25) is 0 Å². The zero-order chi connectivity index (χ0) is 34.2. The molecule has 0 N–H and O–H groups in total. The molecule has 0 aliphatic carbocycles. The van der Waals surface area contributed by atoms with Crippen molar-refractivity contribution in [1.29, 1.82) is 0 Å². The molecule has 0 aliphatic rings. The summed E-state index contributed by atoms with van der Waals surface area (Å²) in [6, 6.07) is 31.9. The summed E-state index contributed by atoms with van der Waals surface area (Å²) in [4.78, 5) is 5.89. The van der Waals surface area contributed by atoms with Crippen LogP contribution in [0.1, 0.15) is 49.9 Å². The zero-order valence-electron chi connectivity index (χ0n) is 29.7. The predicted molar refractivity (Wildman–Crippen MR) is 204 cm³/mol. The van der Waals surface area contributed by atoms with Crippen LogP contribution >= 0.6 is 11.8 Å². The van der Waals surface area contributed by atoms with Gasteiger partial charge in [-0.15, -0.1) is 47.5 Å². The number of pyridine rings is 1. The van der Waals surface area contributed by atoms with E-state index >= 15 is 0 Å². The quantitative estimate of drug-likeness (QED) is 0.102. The van der Waals surface area contributed by atoms with Gasteiger partial charge in [-0.1, -0.05) is 57.5 Å². The van der Waals surface area contributed by atoms with E-state index in [0.29, 0.717) is 23.3 Å². The molecule has 0 amide bonds. The Kier molecular flexibility index (Phi) is 10.7. The predicted octanol–water partition coefficient (Wildman–Crippen LogP) is 11.2. The van der Waals surface area contributed by atoms with Crippen LogP contribution in [0, 0.1) is 37.8 Å². The number of ether oxygens (including phenoxy) is 1. The number of aromatic nitrogens is 4. The molecule has 0 radical (unpaired) electrons. The van der Waals surface area contributed by atoms with Gasteiger partial charge in [-0.3, -0.25) is 4.68 Å². The first-order valence-corrected chi connectivity index (χ1v) is 18.3. The van der Waals surface area contributed by atoms with Crippen molar-refractivity contribution in [1.82, 2.24) is 19.3 Å². The van der Waals surface area contributed by atoms with E-state index in [1.54, 1.807) is 11.8 Å². The van der Waals surface area contributed by atoms with Crippen molar-refractivity contribution in [3.8, 4) is 34.1 Å². The summed E-state index contributed by atoms with van der Waals surface area (Å²) in [5, 5.41) is 7.09. The van der Waals surface area contributed by atoms with Crippen molar-refractivity contribution < 1.29 is 25.8 Å². The molecular formula is C43H42N4OPtS. The molecule has 0 bridgehead atoms. The fourth-order valence-corrected chi connectivity index (χ4v) is 7.34. The Labute approximate surface area is 314 Å². The number of hydrogen-bond acceptors (Lipinski definition) is 4. The Morgan fingerprint density at radius 3 is 2.24 bits per heavy atom. The maximum Gasteiger partial charge on any atom is 2.00 e. The van der Waals surface area contributed by atoms with Crippen molar-refractivity contribution >= 4 is 33.6 Å². The average Bonchev–Trinajstić information content (AvgIpc) is 3.70. The summed E-state index contributed by atoms with van der Waals surface area (Å²) >= 11 is 1.70. The van der Waals surface area contributed by atoms with Gasteiger partial charge in [0.05, 0.1) is 6.20 Å². The largest absolute Gasteiger partial charge is 2.00 e. The Morgan fingerprint density at radius 2 is 1.52 bits per heavy atom. The number of benzene rings is 4. The fraction of sp³-hybridized carbons (Fsp3) is 0.256. The summed E-state index contributed by atoms with van der Waals surface area (Å²) in [6.45, 7) is 13.7. The van der Waals surface area contributed by atoms with Crippen molar-refractivity contribution in [2.45, 2.75) is 59.3 Å². The molecule has 256 valence electrons. The van der Waals surface area contributed by atoms with Crippen LogP contribution in [0.3, 0.4) is 0 Å². The second-order valence-corrected chi connectivity index (χ2v) is 14.6. The van der Waals surface area contributed by atoms with E-state index in [-0.39, 0.29) is 21.1 Å². The molecule has 0 saturated heterocycles. The number of aryl methyl sites for hydroxylation is 2. The van der Waals surface area contributed by atoms with Crippen LogP contribution in [0.4, 0.5) is 0 Å². The topological polar surface area (TPSA) is 44.9 Å². The Hall–Kier alpha value is -4.12. The third kappa shape index (κ3) is 7.06. The maximum absolute atomic E-state index is 6.44. The van der Waals surface area contributed by atoms with Crippen molar-refractivity contribution in [3.05, 3.63) is 126 Å². The first kappa shape index (κ1) is 35.7. The molecule has 0 saturated carbocycles. The van der Waals surface area contributed by atoms with E-state index in [1.807, 2.05) is 47.4 Å². The number of thioether (sulfide) groups is 1. The summed E-state index contributed by atoms with van der Waals surface area (Å²) in [7, 11) is 0. The molecular weight excluding hydrogens is 816 g/mol. The van der Waals surface area contributed by atoms with Crippen LogP contribution < -0.4 is 4.74 Å². The second-order valence-electron chi connectivity index (χ2n) is 13.7. The fourth-order valence-electron chi connectivity index (χ4n) is 6.92. The molecule has 4 aromatic carbocycles. The van der Waals surface area contributed by atoms with Crippen molar-refractivity contribution in [2.24, 2.45) is 11.8 Å². The molecule has 7 heteroatoms. The zero-order valence-corrected chi connectivity index (χ0v) is 32.7. The van der Waals surface area contributed by atoms with Crippen molar-refractivity contribution in [3.63, 3.8) is 0 Å². The van der Waals surface area contributed by atoms with Gasteiger partial charge in [0.15, 0.2) is 0 Å². The van der Waals surface area contributed by atoms with E-state index in [4.69, 9.17) is 14.8 Å². The van der Waals surface area contributed by atoms with E-state index in [2.05, 4.69) is 113 Å². The smallest absolute Gasteiger partial charge is 0.509 e. The molecule has 0 unspecified atom stereocenters. The number of nitrogens with zero attached hydrogens (tertiary/aromatic N) is 4. The SMILES string of the molecule is CSc1ccnc(-n2c3[c-]c(Oc4[c-]c(-n5cc(-c6c(CC(C)C)c(C)cc(C)c6CC(C)C)cn5)ccc4)ccc3c3ccccc32)c1.[Pt+2]. The molecule has 3 heterocycles. The van der Waals surface area contributed by atoms with Gasteiger partial charge in [0.1, 0.15) is 5.82 Å². The number of para-hydroxylation sites is 1. The van der Waals surface area contributed by atoms with Crippen LogP contribution in [0.15, 0.2) is 96.3 Å². The van der Waals surface area contributed by atoms with E-state index < -0.39 is 0 Å². The molecule has 7 rings (SSSR count). The number of rotatable bonds is 10. The van der Waals surface area contributed by atoms with Crippen LogP contribution in [0.2, 0.25) is 0 Å². The molecule has 0 spiro atoms. The van der Waals surface area contributed by atoms with Crippen LogP contribution in [-0.2, 0) is 33.9 Å². The third-order valence-corrected chi connectivity index (χ3v) is 9.77. The van der Waals surface area contributed by atoms with Crippen LogP contribution in [0.5, 0.6) is 11.5 Å². The van der Waals surface area contributed by atoms with Crippen molar-refractivity contribution in [2.75, 3.05) is 6.26 Å². The maximum atomic E-state index is 6.44. The molecule has 0 aliphatic heterocycles. The molecule has 0 fully saturated rings. The Bertz CT molecular complexity index is 2270. The van der Waals surface area contributed by atoms with E-state index in [0.717, 1.165) is 56.6 Å². The van der Waals surface area contributed by atoms with Crippen LogP contribution in [-0.4, -0.2) is 25.6 Å². The number of hydrogen-bond donors (Lipinski definition) is 0. The summed E-state index contributed by atoms with van der Waals surface area (Å²) < 4.78 is 10.5. The van der Waals surface area contributed by atoms with Gasteiger partial charge in [-0.2, -0.15) is 17.2 Å². The van der Waals surface area contributed by atoms with Gasteiger partial charge < -0.3 is 9.30 Å². The van der Waals surface area contributed by atoms with Gasteiger partial charge in [0, 0.05) is 39.9 Å². The minimum Gasteiger partial charge on any atom is -0.509 e. The molecule has 0 atom stereocenters. The standard InChI is InChI=1S/C43H42N4OS.Pt/c1-27(2)19-38-29(5)21-30(6)39(20-28(3)4)43(38)31-25-45-46(26-31)32-11-10-12-33(22-32)48-34-15-16-37-36-13-8-9-14-40(36)47(41(37)23-34)42-24-35(49-7)17-18-44-42;/h8-18,21,24-28H,19-20H2,1-7H3;/q-2;+2. The molecule has 3 aromatic heterocycles. The van der Waals surface area contributed by atoms with Gasteiger partial charge in [-0.05, 0) is 102 Å². The van der Waals surface area contributed by atoms with Gasteiger partial charge in [0.25, 0.3) is 0 Å². The van der Waals surface area contributed by atoms with Crippen LogP contribution in [0.25, 0.3) is 44.4 Å². The first-order chi connectivity index (χ1) is 23.7. The normalized spacial score (nSPS) is 11.5. The minimum absolute atomic E-state index is 0. The first-order valence-electron chi connectivity index (χ1n) is 17.0. The summed E-state index contributed by atoms with van der Waals surface area (Å²) in [6.07, 6.45) is 10.2. The van der Waals surface area contributed by atoms with Gasteiger partial charge >= 0.3 is 21.1 Å². The second kappa shape index (κ2) is 15.0. The monoisotopic (exact) mass is 857 g/mol. The average molecular weight is 858 g/mol.